The van der Waals surface area contributed by atoms with E-state index in [0.29, 0.717) is 5.75 Å². The first-order valence-corrected chi connectivity index (χ1v) is 5.49. The van der Waals surface area contributed by atoms with Crippen LogP contribution in [0.5, 0.6) is 5.75 Å². The van der Waals surface area contributed by atoms with Crippen LogP contribution >= 0.6 is 0 Å². The monoisotopic (exact) mass is 239 g/mol. The maximum absolute atomic E-state index is 10.8. The van der Waals surface area contributed by atoms with Crippen molar-refractivity contribution in [3.63, 3.8) is 0 Å². The van der Waals surface area contributed by atoms with Crippen LogP contribution in [0, 0.1) is 0 Å². The summed E-state index contributed by atoms with van der Waals surface area (Å²) in [6.45, 7) is 3.43. The predicted octanol–water partition coefficient (Wildman–Crippen LogP) is 2.73. The van der Waals surface area contributed by atoms with Gasteiger partial charge in [-0.15, -0.1) is 0 Å². The fraction of sp³-hybridized carbons (Fsp3) is 0. The average Bonchev–Trinajstić information content (AvgIpc) is 2.40. The van der Waals surface area contributed by atoms with E-state index >= 15 is 0 Å². The summed E-state index contributed by atoms with van der Waals surface area (Å²) in [6.07, 6.45) is 0. The van der Waals surface area contributed by atoms with Gasteiger partial charge < -0.3 is 10.5 Å². The Labute approximate surface area is 106 Å². The Morgan fingerprint density at radius 2 is 1.50 bits per heavy atom. The topological polar surface area (TPSA) is 52.3 Å². The molecule has 0 bridgehead atoms. The first kappa shape index (κ1) is 11.9. The predicted molar refractivity (Wildman–Crippen MR) is 70.8 cm³/mol. The molecule has 0 aromatic heterocycles. The molecule has 2 aromatic carbocycles. The van der Waals surface area contributed by atoms with Crippen molar-refractivity contribution in [1.29, 1.82) is 0 Å². The van der Waals surface area contributed by atoms with Crippen LogP contribution in [0.4, 0.5) is 0 Å². The highest BCUT2D eigenvalue weighted by Crippen LogP contribution is 2.22. The number of amides is 1. The number of hydrogen-bond donors (Lipinski definition) is 1. The van der Waals surface area contributed by atoms with Crippen LogP contribution in [0.2, 0.25) is 0 Å². The highest BCUT2D eigenvalue weighted by molar-refractivity contribution is 5.89. The fourth-order valence-electron chi connectivity index (χ4n) is 1.54. The number of hydrogen-bond acceptors (Lipinski definition) is 2. The van der Waals surface area contributed by atoms with Crippen molar-refractivity contribution in [1.82, 2.24) is 0 Å². The second-order valence-corrected chi connectivity index (χ2v) is 3.78. The van der Waals surface area contributed by atoms with Crippen LogP contribution in [-0.2, 0) is 4.79 Å². The normalized spacial score (nSPS) is 9.78. The van der Waals surface area contributed by atoms with Gasteiger partial charge in [-0.05, 0) is 23.3 Å². The van der Waals surface area contributed by atoms with Crippen molar-refractivity contribution < 1.29 is 9.53 Å². The largest absolute Gasteiger partial charge is 0.452 e. The zero-order valence-corrected chi connectivity index (χ0v) is 9.80. The van der Waals surface area contributed by atoms with Gasteiger partial charge in [0.05, 0.1) is 0 Å². The molecule has 0 heterocycles. The Kier molecular flexibility index (Phi) is 3.44. The molecule has 0 aliphatic rings. The minimum Gasteiger partial charge on any atom is -0.452 e. The summed E-state index contributed by atoms with van der Waals surface area (Å²) in [5, 5.41) is 0. The van der Waals surface area contributed by atoms with Crippen LogP contribution in [0.25, 0.3) is 11.1 Å². The third-order valence-corrected chi connectivity index (χ3v) is 2.48. The van der Waals surface area contributed by atoms with Gasteiger partial charge in [-0.1, -0.05) is 49.0 Å². The Hall–Kier alpha value is -2.55. The number of carbonyl (C=O) groups excluding carboxylic acids is 1. The Bertz CT molecular complexity index is 559. The van der Waals surface area contributed by atoms with Crippen LogP contribution in [-0.4, -0.2) is 5.91 Å². The summed E-state index contributed by atoms with van der Waals surface area (Å²) in [7, 11) is 0. The van der Waals surface area contributed by atoms with Gasteiger partial charge in [-0.2, -0.15) is 0 Å². The van der Waals surface area contributed by atoms with Crippen LogP contribution < -0.4 is 10.5 Å². The van der Waals surface area contributed by atoms with Gasteiger partial charge in [-0.25, -0.2) is 0 Å². The molecule has 2 rings (SSSR count). The van der Waals surface area contributed by atoms with Crippen molar-refractivity contribution in [2.75, 3.05) is 0 Å². The molecule has 1 amide bonds. The maximum Gasteiger partial charge on any atom is 0.283 e. The Morgan fingerprint density at radius 3 is 2.06 bits per heavy atom. The van der Waals surface area contributed by atoms with E-state index in [1.54, 1.807) is 12.1 Å². The minimum atomic E-state index is -0.665. The van der Waals surface area contributed by atoms with E-state index in [2.05, 4.69) is 6.58 Å². The molecular weight excluding hydrogens is 226 g/mol. The fourth-order valence-corrected chi connectivity index (χ4v) is 1.54. The van der Waals surface area contributed by atoms with E-state index < -0.39 is 5.91 Å². The molecule has 0 saturated carbocycles. The van der Waals surface area contributed by atoms with E-state index in [1.807, 2.05) is 42.5 Å². The van der Waals surface area contributed by atoms with E-state index in [1.165, 1.54) is 0 Å². The summed E-state index contributed by atoms with van der Waals surface area (Å²) in [6, 6.07) is 17.4. The molecule has 2 N–H and O–H groups in total. The Morgan fingerprint density at radius 1 is 0.944 bits per heavy atom. The summed E-state index contributed by atoms with van der Waals surface area (Å²) in [5.41, 5.74) is 7.24. The lowest BCUT2D eigenvalue weighted by Crippen LogP contribution is -2.16. The second-order valence-electron chi connectivity index (χ2n) is 3.78. The van der Waals surface area contributed by atoms with Crippen molar-refractivity contribution in [2.24, 2.45) is 5.73 Å². The highest BCUT2D eigenvalue weighted by atomic mass is 16.5. The van der Waals surface area contributed by atoms with Crippen LogP contribution in [0.15, 0.2) is 66.9 Å². The highest BCUT2D eigenvalue weighted by Gasteiger charge is 2.04. The molecule has 0 spiro atoms. The third-order valence-electron chi connectivity index (χ3n) is 2.48. The van der Waals surface area contributed by atoms with Gasteiger partial charge in [0.25, 0.3) is 5.91 Å². The number of primary amides is 1. The van der Waals surface area contributed by atoms with Gasteiger partial charge >= 0.3 is 0 Å². The van der Waals surface area contributed by atoms with E-state index in [-0.39, 0.29) is 5.76 Å². The summed E-state index contributed by atoms with van der Waals surface area (Å²) in [4.78, 5) is 10.8. The molecule has 0 unspecified atom stereocenters. The lowest BCUT2D eigenvalue weighted by atomic mass is 10.1. The maximum atomic E-state index is 10.8. The lowest BCUT2D eigenvalue weighted by molar-refractivity contribution is -0.116. The molecule has 0 radical (unpaired) electrons. The number of carbonyl (C=O) groups is 1. The van der Waals surface area contributed by atoms with Crippen molar-refractivity contribution in [2.45, 2.75) is 0 Å². The van der Waals surface area contributed by atoms with Gasteiger partial charge in [0.1, 0.15) is 5.75 Å². The zero-order valence-electron chi connectivity index (χ0n) is 9.80. The SMILES string of the molecule is C=C(Oc1ccc(-c2ccccc2)cc1)C(N)=O. The van der Waals surface area contributed by atoms with Crippen LogP contribution in [0.3, 0.4) is 0 Å². The summed E-state index contributed by atoms with van der Waals surface area (Å²) < 4.78 is 5.20. The minimum absolute atomic E-state index is 0.0672. The molecule has 0 aliphatic carbocycles. The van der Waals surface area contributed by atoms with Crippen molar-refractivity contribution in [3.8, 4) is 16.9 Å². The van der Waals surface area contributed by atoms with E-state index in [4.69, 9.17) is 10.5 Å². The Balaban J connectivity index is 2.16. The van der Waals surface area contributed by atoms with Gasteiger partial charge in [0, 0.05) is 0 Å². The summed E-state index contributed by atoms with van der Waals surface area (Å²) >= 11 is 0. The average molecular weight is 239 g/mol. The van der Waals surface area contributed by atoms with E-state index in [0.717, 1.165) is 11.1 Å². The molecule has 18 heavy (non-hydrogen) atoms. The molecule has 3 heteroatoms. The summed E-state index contributed by atoms with van der Waals surface area (Å²) in [5.74, 6) is -0.192. The number of rotatable bonds is 4. The third kappa shape index (κ3) is 2.77. The van der Waals surface area contributed by atoms with Crippen molar-refractivity contribution in [3.05, 3.63) is 66.9 Å². The molecule has 0 fully saturated rings. The number of nitrogens with two attached hydrogens (primary N) is 1. The molecule has 0 saturated heterocycles. The van der Waals surface area contributed by atoms with Crippen molar-refractivity contribution >= 4 is 5.91 Å². The lowest BCUT2D eigenvalue weighted by Gasteiger charge is -2.06. The zero-order chi connectivity index (χ0) is 13.0. The first-order valence-electron chi connectivity index (χ1n) is 5.49. The number of ether oxygens (including phenoxy) is 1. The molecule has 3 nitrogen and oxygen atoms in total. The molecular formula is C15H13NO2. The quantitative estimate of drug-likeness (QED) is 0.658. The molecule has 90 valence electrons. The molecule has 0 aliphatic heterocycles. The molecule has 0 atom stereocenters. The molecule has 2 aromatic rings. The van der Waals surface area contributed by atoms with Gasteiger partial charge in [0.15, 0.2) is 5.76 Å². The van der Waals surface area contributed by atoms with Gasteiger partial charge in [-0.3, -0.25) is 4.79 Å². The second kappa shape index (κ2) is 5.19. The number of benzene rings is 2. The van der Waals surface area contributed by atoms with E-state index in [9.17, 15) is 4.79 Å². The smallest absolute Gasteiger partial charge is 0.283 e. The van der Waals surface area contributed by atoms with Gasteiger partial charge in [0.2, 0.25) is 0 Å². The van der Waals surface area contributed by atoms with Crippen LogP contribution in [0.1, 0.15) is 0 Å². The first-order chi connectivity index (χ1) is 8.66. The standard InChI is InChI=1S/C15H13NO2/c1-11(15(16)17)18-14-9-7-13(8-10-14)12-5-3-2-4-6-12/h2-10H,1H2,(H2,16,17).